The van der Waals surface area contributed by atoms with Crippen LogP contribution < -0.4 is 5.73 Å². The van der Waals surface area contributed by atoms with Crippen molar-refractivity contribution in [1.29, 1.82) is 0 Å². The maximum atomic E-state index is 14.9. The predicted molar refractivity (Wildman–Crippen MR) is 109 cm³/mol. The molecule has 1 unspecified atom stereocenters. The van der Waals surface area contributed by atoms with Crippen molar-refractivity contribution < 1.29 is 27.1 Å². The maximum absolute atomic E-state index is 14.9. The second-order valence-corrected chi connectivity index (χ2v) is 7.53. The Kier molecular flexibility index (Phi) is 5.49. The number of anilines is 1. The first-order chi connectivity index (χ1) is 15.1. The van der Waals surface area contributed by atoms with Crippen molar-refractivity contribution in [3.63, 3.8) is 0 Å². The molecule has 3 heterocycles. The van der Waals surface area contributed by atoms with Crippen LogP contribution in [0.25, 0.3) is 10.9 Å². The van der Waals surface area contributed by atoms with Gasteiger partial charge in [-0.2, -0.15) is 13.2 Å². The fraction of sp³-hybridized carbons (Fsp3) is 0.318. The smallest absolute Gasteiger partial charge is 0.383 e. The van der Waals surface area contributed by atoms with Crippen molar-refractivity contribution in [3.8, 4) is 0 Å². The molecule has 1 aliphatic heterocycles. The fourth-order valence-corrected chi connectivity index (χ4v) is 3.88. The number of ether oxygens (including phenoxy) is 1. The summed E-state index contributed by atoms with van der Waals surface area (Å²) in [5.74, 6) is -1.11. The molecule has 1 aliphatic rings. The third-order valence-electron chi connectivity index (χ3n) is 5.66. The number of pyridine rings is 2. The molecule has 0 bridgehead atoms. The molecule has 168 valence electrons. The van der Waals surface area contributed by atoms with E-state index in [4.69, 9.17) is 10.5 Å². The van der Waals surface area contributed by atoms with Crippen LogP contribution >= 0.6 is 0 Å². The van der Waals surface area contributed by atoms with E-state index in [0.717, 1.165) is 29.5 Å². The summed E-state index contributed by atoms with van der Waals surface area (Å²) in [5.41, 5.74) is 6.95. The summed E-state index contributed by atoms with van der Waals surface area (Å²) >= 11 is 0. The number of carbonyl (C=O) groups excluding carboxylic acids is 1. The topological polar surface area (TPSA) is 81.3 Å². The highest BCUT2D eigenvalue weighted by Crippen LogP contribution is 2.34. The Balaban J connectivity index is 1.70. The molecule has 0 saturated carbocycles. The molecule has 2 aromatic heterocycles. The number of benzene rings is 1. The quantitative estimate of drug-likeness (QED) is 0.589. The molecule has 0 saturated heterocycles. The second kappa shape index (κ2) is 8.01. The first-order valence-corrected chi connectivity index (χ1v) is 9.94. The highest BCUT2D eigenvalue weighted by Gasteiger charge is 2.32. The van der Waals surface area contributed by atoms with E-state index in [0.29, 0.717) is 17.5 Å². The monoisotopic (exact) mass is 448 g/mol. The van der Waals surface area contributed by atoms with Crippen LogP contribution in [0.2, 0.25) is 0 Å². The summed E-state index contributed by atoms with van der Waals surface area (Å²) in [6.07, 6.45) is -3.79. The van der Waals surface area contributed by atoms with E-state index in [9.17, 15) is 22.4 Å². The van der Waals surface area contributed by atoms with Crippen LogP contribution in [0.3, 0.4) is 0 Å². The van der Waals surface area contributed by atoms with E-state index in [1.807, 2.05) is 0 Å². The molecule has 2 N–H and O–H groups in total. The Morgan fingerprint density at radius 3 is 2.59 bits per heavy atom. The predicted octanol–water partition coefficient (Wildman–Crippen LogP) is 4.62. The summed E-state index contributed by atoms with van der Waals surface area (Å²) in [6, 6.07) is 4.04. The molecular formula is C22H20F4N4O2. The van der Waals surface area contributed by atoms with Gasteiger partial charge in [0.25, 0.3) is 5.91 Å². The standard InChI is InChI=1S/C22H20F4N4O2/c1-3-30(11(2)18-5-4-12(8-28-18)22(24,25)26)21(31)14-6-13-15-9-32-10-16(15)20(27)29-19(13)7-17(14)23/h4-8,11H,3,9-10H2,1-2H3,(H2,27,29). The first-order valence-electron chi connectivity index (χ1n) is 9.94. The molecular weight excluding hydrogens is 428 g/mol. The van der Waals surface area contributed by atoms with Crippen molar-refractivity contribution in [2.45, 2.75) is 39.3 Å². The number of nitrogens with two attached hydrogens (primary N) is 1. The van der Waals surface area contributed by atoms with Crippen molar-refractivity contribution >= 4 is 22.6 Å². The van der Waals surface area contributed by atoms with Gasteiger partial charge in [-0.1, -0.05) is 0 Å². The van der Waals surface area contributed by atoms with Gasteiger partial charge in [-0.05, 0) is 37.6 Å². The Bertz CT molecular complexity index is 1200. The lowest BCUT2D eigenvalue weighted by molar-refractivity contribution is -0.137. The summed E-state index contributed by atoms with van der Waals surface area (Å²) in [5, 5.41) is 0.577. The van der Waals surface area contributed by atoms with Gasteiger partial charge in [0.15, 0.2) is 0 Å². The van der Waals surface area contributed by atoms with Crippen molar-refractivity contribution in [3.05, 3.63) is 64.2 Å². The van der Waals surface area contributed by atoms with Crippen LogP contribution in [-0.4, -0.2) is 27.3 Å². The third-order valence-corrected chi connectivity index (χ3v) is 5.66. The number of nitrogens with zero attached hydrogens (tertiary/aromatic N) is 3. The largest absolute Gasteiger partial charge is 0.417 e. The van der Waals surface area contributed by atoms with Gasteiger partial charge < -0.3 is 15.4 Å². The maximum Gasteiger partial charge on any atom is 0.417 e. The molecule has 6 nitrogen and oxygen atoms in total. The van der Waals surface area contributed by atoms with Crippen molar-refractivity contribution in [2.24, 2.45) is 0 Å². The number of hydrogen-bond donors (Lipinski definition) is 1. The zero-order valence-electron chi connectivity index (χ0n) is 17.3. The molecule has 10 heteroatoms. The SMILES string of the molecule is CCN(C(=O)c1cc2c3c(c(N)nc2cc1F)COC3)C(C)c1ccc(C(F)(F)F)cn1. The van der Waals surface area contributed by atoms with Crippen LogP contribution in [0.5, 0.6) is 0 Å². The van der Waals surface area contributed by atoms with Gasteiger partial charge in [-0.15, -0.1) is 0 Å². The molecule has 0 aliphatic carbocycles. The van der Waals surface area contributed by atoms with Crippen LogP contribution in [0.15, 0.2) is 30.5 Å². The Hall–Kier alpha value is -3.27. The molecule has 3 aromatic rings. The van der Waals surface area contributed by atoms with Gasteiger partial charge >= 0.3 is 6.18 Å². The third kappa shape index (κ3) is 3.75. The van der Waals surface area contributed by atoms with Crippen LogP contribution in [0, 0.1) is 5.82 Å². The first kappa shape index (κ1) is 21.9. The lowest BCUT2D eigenvalue weighted by atomic mass is 10.0. The van der Waals surface area contributed by atoms with Gasteiger partial charge in [0.1, 0.15) is 11.6 Å². The Labute approximate surface area is 181 Å². The number of rotatable bonds is 4. The minimum Gasteiger partial charge on any atom is -0.383 e. The molecule has 32 heavy (non-hydrogen) atoms. The fourth-order valence-electron chi connectivity index (χ4n) is 3.88. The number of aromatic nitrogens is 2. The zero-order chi connectivity index (χ0) is 23.2. The van der Waals surface area contributed by atoms with E-state index in [1.54, 1.807) is 13.8 Å². The van der Waals surface area contributed by atoms with E-state index in [-0.39, 0.29) is 30.2 Å². The van der Waals surface area contributed by atoms with Gasteiger partial charge in [0.2, 0.25) is 0 Å². The number of alkyl halides is 3. The molecule has 0 fully saturated rings. The van der Waals surface area contributed by atoms with Crippen molar-refractivity contribution in [1.82, 2.24) is 14.9 Å². The molecule has 0 radical (unpaired) electrons. The molecule has 4 rings (SSSR count). The summed E-state index contributed by atoms with van der Waals surface area (Å²) in [6.45, 7) is 4.10. The van der Waals surface area contributed by atoms with E-state index in [1.165, 1.54) is 17.0 Å². The van der Waals surface area contributed by atoms with Gasteiger partial charge in [-0.25, -0.2) is 9.37 Å². The Morgan fingerprint density at radius 1 is 1.25 bits per heavy atom. The van der Waals surface area contributed by atoms with Gasteiger partial charge in [0, 0.05) is 29.8 Å². The Morgan fingerprint density at radius 2 is 1.97 bits per heavy atom. The van der Waals surface area contributed by atoms with Crippen LogP contribution in [-0.2, 0) is 24.1 Å². The number of nitrogen functional groups attached to an aromatic ring is 1. The minimum atomic E-state index is -4.51. The molecule has 1 atom stereocenters. The number of hydrogen-bond acceptors (Lipinski definition) is 5. The van der Waals surface area contributed by atoms with Crippen LogP contribution in [0.1, 0.15) is 52.6 Å². The average molecular weight is 448 g/mol. The lowest BCUT2D eigenvalue weighted by Crippen LogP contribution is -2.34. The summed E-state index contributed by atoms with van der Waals surface area (Å²) < 4.78 is 58.8. The van der Waals surface area contributed by atoms with E-state index >= 15 is 0 Å². The second-order valence-electron chi connectivity index (χ2n) is 7.53. The number of halogens is 4. The minimum absolute atomic E-state index is 0.168. The van der Waals surface area contributed by atoms with E-state index in [2.05, 4.69) is 9.97 Å². The molecule has 1 amide bonds. The van der Waals surface area contributed by atoms with Gasteiger partial charge in [0.05, 0.1) is 41.6 Å². The highest BCUT2D eigenvalue weighted by atomic mass is 19.4. The number of carbonyl (C=O) groups is 1. The van der Waals surface area contributed by atoms with E-state index < -0.39 is 29.5 Å². The molecule has 0 spiro atoms. The van der Waals surface area contributed by atoms with Crippen molar-refractivity contribution in [2.75, 3.05) is 12.3 Å². The molecule has 1 aromatic carbocycles. The zero-order valence-corrected chi connectivity index (χ0v) is 17.3. The summed E-state index contributed by atoms with van der Waals surface area (Å²) in [4.78, 5) is 22.7. The van der Waals surface area contributed by atoms with Gasteiger partial charge in [-0.3, -0.25) is 9.78 Å². The highest BCUT2D eigenvalue weighted by molar-refractivity contribution is 5.99. The number of amides is 1. The van der Waals surface area contributed by atoms with Crippen LogP contribution in [0.4, 0.5) is 23.4 Å². The normalized spacial score (nSPS) is 14.4. The lowest BCUT2D eigenvalue weighted by Gasteiger charge is -2.28. The summed E-state index contributed by atoms with van der Waals surface area (Å²) in [7, 11) is 0. The number of fused-ring (bicyclic) bond motifs is 3. The average Bonchev–Trinajstić information content (AvgIpc) is 3.24.